The van der Waals surface area contributed by atoms with Crippen molar-refractivity contribution in [3.63, 3.8) is 0 Å². The topological polar surface area (TPSA) is 66.0 Å². The van der Waals surface area contributed by atoms with Gasteiger partial charge in [0.2, 0.25) is 12.5 Å². The molecule has 0 spiro atoms. The molecule has 0 saturated carbocycles. The molecular formula is C14H17NO5. The maximum atomic E-state index is 11.3. The van der Waals surface area contributed by atoms with Crippen LogP contribution in [0.25, 0.3) is 0 Å². The zero-order valence-electron chi connectivity index (χ0n) is 11.3. The first-order valence-corrected chi connectivity index (χ1v) is 6.22. The molecule has 0 aromatic heterocycles. The number of carbonyl (C=O) groups is 1. The lowest BCUT2D eigenvalue weighted by Gasteiger charge is -2.09. The van der Waals surface area contributed by atoms with Crippen molar-refractivity contribution in [3.05, 3.63) is 30.4 Å². The molecule has 0 saturated heterocycles. The number of hydrogen-bond donors (Lipinski definition) is 1. The van der Waals surface area contributed by atoms with Gasteiger partial charge in [0.05, 0.1) is 7.11 Å². The fourth-order valence-electron chi connectivity index (χ4n) is 1.82. The van der Waals surface area contributed by atoms with Gasteiger partial charge in [-0.1, -0.05) is 12.7 Å². The highest BCUT2D eigenvalue weighted by Gasteiger charge is 2.19. The second-order valence-corrected chi connectivity index (χ2v) is 4.10. The molecule has 6 nitrogen and oxygen atoms in total. The van der Waals surface area contributed by atoms with Gasteiger partial charge in [0.25, 0.3) is 0 Å². The minimum absolute atomic E-state index is 0.196. The van der Waals surface area contributed by atoms with Crippen molar-refractivity contribution in [1.29, 1.82) is 0 Å². The van der Waals surface area contributed by atoms with Gasteiger partial charge in [-0.3, -0.25) is 0 Å². The zero-order chi connectivity index (χ0) is 14.4. The monoisotopic (exact) mass is 279 g/mol. The molecule has 1 aliphatic rings. The Kier molecular flexibility index (Phi) is 4.70. The summed E-state index contributed by atoms with van der Waals surface area (Å²) in [5.74, 6) is 1.91. The Morgan fingerprint density at radius 1 is 1.50 bits per heavy atom. The van der Waals surface area contributed by atoms with Crippen LogP contribution in [-0.2, 0) is 11.2 Å². The first kappa shape index (κ1) is 14.0. The summed E-state index contributed by atoms with van der Waals surface area (Å²) in [6, 6.07) is 3.74. The molecule has 2 rings (SSSR count). The van der Waals surface area contributed by atoms with Gasteiger partial charge in [-0.05, 0) is 24.1 Å². The lowest BCUT2D eigenvalue weighted by atomic mass is 10.1. The van der Waals surface area contributed by atoms with E-state index in [0.29, 0.717) is 30.2 Å². The van der Waals surface area contributed by atoms with Crippen molar-refractivity contribution >= 4 is 6.09 Å². The molecule has 0 aliphatic carbocycles. The van der Waals surface area contributed by atoms with Crippen LogP contribution in [-0.4, -0.2) is 33.1 Å². The average Bonchev–Trinajstić information content (AvgIpc) is 2.92. The van der Waals surface area contributed by atoms with Crippen LogP contribution in [0.2, 0.25) is 0 Å². The molecule has 1 amide bonds. The Morgan fingerprint density at radius 2 is 2.35 bits per heavy atom. The van der Waals surface area contributed by atoms with E-state index in [1.165, 1.54) is 6.08 Å². The predicted molar refractivity (Wildman–Crippen MR) is 72.4 cm³/mol. The number of methoxy groups -OCH3 is 1. The first-order chi connectivity index (χ1) is 9.74. The third kappa shape index (κ3) is 3.34. The van der Waals surface area contributed by atoms with Gasteiger partial charge in [-0.25, -0.2) is 4.79 Å². The van der Waals surface area contributed by atoms with E-state index in [9.17, 15) is 4.79 Å². The highest BCUT2D eigenvalue weighted by Crippen LogP contribution is 2.41. The number of benzene rings is 1. The minimum atomic E-state index is -0.461. The van der Waals surface area contributed by atoms with Crippen molar-refractivity contribution in [2.75, 3.05) is 27.1 Å². The van der Waals surface area contributed by atoms with Crippen LogP contribution in [0.5, 0.6) is 17.2 Å². The molecule has 0 bridgehead atoms. The Hall–Kier alpha value is -2.37. The number of hydrogen-bond acceptors (Lipinski definition) is 5. The quantitative estimate of drug-likeness (QED) is 0.805. The van der Waals surface area contributed by atoms with E-state index in [1.54, 1.807) is 7.11 Å². The van der Waals surface area contributed by atoms with E-state index >= 15 is 0 Å². The van der Waals surface area contributed by atoms with Gasteiger partial charge < -0.3 is 24.3 Å². The number of carbonyl (C=O) groups excluding carboxylic acids is 1. The average molecular weight is 279 g/mol. The molecule has 1 aromatic rings. The molecule has 6 heteroatoms. The largest absolute Gasteiger partial charge is 0.493 e. The maximum Gasteiger partial charge on any atom is 0.407 e. The normalized spacial score (nSPS) is 11.8. The highest BCUT2D eigenvalue weighted by molar-refractivity contribution is 5.67. The van der Waals surface area contributed by atoms with Gasteiger partial charge in [-0.2, -0.15) is 0 Å². The van der Waals surface area contributed by atoms with Gasteiger partial charge in [0, 0.05) is 6.54 Å². The Balaban J connectivity index is 1.90. The molecule has 1 aromatic carbocycles. The van der Waals surface area contributed by atoms with Crippen LogP contribution < -0.4 is 19.5 Å². The molecule has 0 unspecified atom stereocenters. The van der Waals surface area contributed by atoms with E-state index < -0.39 is 6.09 Å². The van der Waals surface area contributed by atoms with Gasteiger partial charge in [0.1, 0.15) is 6.61 Å². The zero-order valence-corrected chi connectivity index (χ0v) is 11.3. The van der Waals surface area contributed by atoms with Crippen LogP contribution in [0, 0.1) is 0 Å². The number of ether oxygens (including phenoxy) is 4. The van der Waals surface area contributed by atoms with Gasteiger partial charge in [0.15, 0.2) is 11.5 Å². The van der Waals surface area contributed by atoms with Crippen LogP contribution in [0.3, 0.4) is 0 Å². The number of alkyl carbamates (subject to hydrolysis) is 1. The van der Waals surface area contributed by atoms with Gasteiger partial charge in [-0.15, -0.1) is 0 Å². The number of fused-ring (bicyclic) bond motifs is 1. The third-order valence-corrected chi connectivity index (χ3v) is 2.73. The van der Waals surface area contributed by atoms with E-state index in [0.717, 1.165) is 5.56 Å². The summed E-state index contributed by atoms with van der Waals surface area (Å²) in [4.78, 5) is 11.3. The standard InChI is InChI=1S/C14H17NO5/c1-3-6-18-14(16)15-5-4-10-7-11(17-2)13-12(8-10)19-9-20-13/h3,7-8H,1,4-6,9H2,2H3,(H,15,16). The maximum absolute atomic E-state index is 11.3. The summed E-state index contributed by atoms with van der Waals surface area (Å²) < 4.78 is 20.7. The summed E-state index contributed by atoms with van der Waals surface area (Å²) >= 11 is 0. The number of rotatable bonds is 6. The van der Waals surface area contributed by atoms with Crippen LogP contribution in [0.1, 0.15) is 5.56 Å². The third-order valence-electron chi connectivity index (χ3n) is 2.73. The van der Waals surface area contributed by atoms with Crippen molar-refractivity contribution in [2.24, 2.45) is 0 Å². The van der Waals surface area contributed by atoms with E-state index in [2.05, 4.69) is 11.9 Å². The van der Waals surface area contributed by atoms with E-state index in [4.69, 9.17) is 18.9 Å². The molecule has 20 heavy (non-hydrogen) atoms. The molecule has 0 radical (unpaired) electrons. The lowest BCUT2D eigenvalue weighted by molar-refractivity contribution is 0.158. The summed E-state index contributed by atoms with van der Waals surface area (Å²) in [5.41, 5.74) is 0.982. The summed E-state index contributed by atoms with van der Waals surface area (Å²) in [5, 5.41) is 2.65. The van der Waals surface area contributed by atoms with Crippen LogP contribution in [0.4, 0.5) is 4.79 Å². The Morgan fingerprint density at radius 3 is 3.10 bits per heavy atom. The molecular weight excluding hydrogens is 262 g/mol. The Bertz CT molecular complexity index is 501. The highest BCUT2D eigenvalue weighted by atomic mass is 16.7. The molecule has 1 aliphatic heterocycles. The van der Waals surface area contributed by atoms with Crippen molar-refractivity contribution < 1.29 is 23.7 Å². The number of amides is 1. The predicted octanol–water partition coefficient (Wildman–Crippen LogP) is 1.88. The fourth-order valence-corrected chi connectivity index (χ4v) is 1.82. The van der Waals surface area contributed by atoms with Gasteiger partial charge >= 0.3 is 6.09 Å². The van der Waals surface area contributed by atoms with Crippen molar-refractivity contribution in [1.82, 2.24) is 5.32 Å². The van der Waals surface area contributed by atoms with Crippen molar-refractivity contribution in [3.8, 4) is 17.2 Å². The van der Waals surface area contributed by atoms with Crippen molar-refractivity contribution in [2.45, 2.75) is 6.42 Å². The molecule has 0 atom stereocenters. The molecule has 108 valence electrons. The molecule has 1 N–H and O–H groups in total. The summed E-state index contributed by atoms with van der Waals surface area (Å²) in [6.07, 6.45) is 1.69. The Labute approximate surface area is 117 Å². The molecule has 1 heterocycles. The van der Waals surface area contributed by atoms with E-state index in [-0.39, 0.29) is 13.4 Å². The van der Waals surface area contributed by atoms with E-state index in [1.807, 2.05) is 12.1 Å². The molecule has 0 fully saturated rings. The number of nitrogens with one attached hydrogen (secondary N) is 1. The first-order valence-electron chi connectivity index (χ1n) is 6.22. The van der Waals surface area contributed by atoms with Crippen LogP contribution >= 0.6 is 0 Å². The second-order valence-electron chi connectivity index (χ2n) is 4.10. The second kappa shape index (κ2) is 6.70. The summed E-state index contributed by atoms with van der Waals surface area (Å²) in [7, 11) is 1.58. The smallest absolute Gasteiger partial charge is 0.407 e. The lowest BCUT2D eigenvalue weighted by Crippen LogP contribution is -2.26. The summed E-state index contributed by atoms with van der Waals surface area (Å²) in [6.45, 7) is 4.32. The van der Waals surface area contributed by atoms with Crippen LogP contribution in [0.15, 0.2) is 24.8 Å². The SMILES string of the molecule is C=CCOC(=O)NCCc1cc(OC)c2c(c1)OCO2. The minimum Gasteiger partial charge on any atom is -0.493 e. The fraction of sp³-hybridized carbons (Fsp3) is 0.357.